The Bertz CT molecular complexity index is 1120. The Kier molecular flexibility index (Phi) is 4.17. The Hall–Kier alpha value is -3.04. The van der Waals surface area contributed by atoms with Crippen LogP contribution in [0.2, 0.25) is 0 Å². The van der Waals surface area contributed by atoms with Gasteiger partial charge in [-0.15, -0.1) is 0 Å². The van der Waals surface area contributed by atoms with Crippen LogP contribution in [0.4, 0.5) is 5.69 Å². The minimum absolute atomic E-state index is 0.617. The molecule has 3 nitrogen and oxygen atoms in total. The summed E-state index contributed by atoms with van der Waals surface area (Å²) in [6, 6.07) is 26.7. The summed E-state index contributed by atoms with van der Waals surface area (Å²) in [4.78, 5) is 2.74. The molecule has 3 heterocycles. The van der Waals surface area contributed by atoms with E-state index in [0.717, 1.165) is 36.4 Å². The van der Waals surface area contributed by atoms with Gasteiger partial charge in [-0.1, -0.05) is 66.2 Å². The molecule has 2 N–H and O–H groups in total. The smallest absolute Gasteiger partial charge is 0.158 e. The highest BCUT2D eigenvalue weighted by Gasteiger charge is 2.40. The van der Waals surface area contributed by atoms with Crippen molar-refractivity contribution in [3.05, 3.63) is 95.1 Å². The first-order valence-electron chi connectivity index (χ1n) is 11.0. The monoisotopic (exact) mass is 394 g/mol. The first-order valence-corrected chi connectivity index (χ1v) is 11.0. The van der Waals surface area contributed by atoms with Crippen molar-refractivity contribution in [1.29, 1.82) is 0 Å². The highest BCUT2D eigenvalue weighted by molar-refractivity contribution is 5.92. The third-order valence-corrected chi connectivity index (χ3v) is 6.98. The molecule has 6 rings (SSSR count). The molecule has 30 heavy (non-hydrogen) atoms. The van der Waals surface area contributed by atoms with Crippen LogP contribution < -0.4 is 10.5 Å². The Morgan fingerprint density at radius 2 is 1.50 bits per heavy atom. The van der Waals surface area contributed by atoms with Gasteiger partial charge < -0.3 is 10.5 Å². The fourth-order valence-corrected chi connectivity index (χ4v) is 5.63. The molecule has 2 fully saturated rings. The van der Waals surface area contributed by atoms with Gasteiger partial charge in [-0.3, -0.25) is 4.90 Å². The maximum Gasteiger partial charge on any atom is 0.158 e. The van der Waals surface area contributed by atoms with Crippen LogP contribution in [0.1, 0.15) is 42.4 Å². The molecule has 3 aliphatic rings. The largest absolute Gasteiger partial charge is 0.454 e. The molecule has 0 aliphatic carbocycles. The summed E-state index contributed by atoms with van der Waals surface area (Å²) in [5, 5.41) is 0. The van der Waals surface area contributed by atoms with Crippen molar-refractivity contribution in [1.82, 2.24) is 4.90 Å². The minimum atomic E-state index is 0.617. The lowest BCUT2D eigenvalue weighted by molar-refractivity contribution is 0.157. The number of fused-ring (bicyclic) bond motifs is 4. The Morgan fingerprint density at radius 1 is 0.800 bits per heavy atom. The summed E-state index contributed by atoms with van der Waals surface area (Å²) in [7, 11) is 0. The number of nitrogens with two attached hydrogens (primary N) is 1. The molecule has 2 bridgehead atoms. The zero-order valence-corrected chi connectivity index (χ0v) is 17.1. The summed E-state index contributed by atoms with van der Waals surface area (Å²) >= 11 is 0. The van der Waals surface area contributed by atoms with Crippen LogP contribution in [-0.4, -0.2) is 17.0 Å². The lowest BCUT2D eigenvalue weighted by Crippen LogP contribution is -2.40. The topological polar surface area (TPSA) is 38.5 Å². The fourth-order valence-electron chi connectivity index (χ4n) is 5.63. The van der Waals surface area contributed by atoms with Crippen molar-refractivity contribution >= 4 is 11.3 Å². The predicted molar refractivity (Wildman–Crippen MR) is 121 cm³/mol. The number of hydrogen-bond donors (Lipinski definition) is 1. The van der Waals surface area contributed by atoms with Gasteiger partial charge in [0.15, 0.2) is 5.75 Å². The van der Waals surface area contributed by atoms with Crippen LogP contribution in [0, 0.1) is 0 Å². The number of benzene rings is 3. The lowest BCUT2D eigenvalue weighted by atomic mass is 9.83. The zero-order chi connectivity index (χ0) is 20.1. The van der Waals surface area contributed by atoms with Gasteiger partial charge in [-0.25, -0.2) is 0 Å². The normalized spacial score (nSPS) is 22.4. The molecule has 2 saturated heterocycles. The van der Waals surface area contributed by atoms with Crippen LogP contribution in [-0.2, 0) is 6.54 Å². The van der Waals surface area contributed by atoms with Crippen LogP contribution >= 0.6 is 0 Å². The molecule has 0 saturated carbocycles. The SMILES string of the molecule is Nc1cccc2c1Oc1ccccc1C2=C1CC2CCC(C1)N2Cc1ccccc1. The average Bonchev–Trinajstić information content (AvgIpc) is 3.00. The van der Waals surface area contributed by atoms with Gasteiger partial charge in [-0.2, -0.15) is 0 Å². The molecule has 2 atom stereocenters. The van der Waals surface area contributed by atoms with Crippen LogP contribution in [0.5, 0.6) is 11.5 Å². The van der Waals surface area contributed by atoms with E-state index in [1.54, 1.807) is 5.57 Å². The van der Waals surface area contributed by atoms with Crippen molar-refractivity contribution in [3.63, 3.8) is 0 Å². The van der Waals surface area contributed by atoms with Crippen molar-refractivity contribution in [2.75, 3.05) is 5.73 Å². The lowest BCUT2D eigenvalue weighted by Gasteiger charge is -2.38. The third kappa shape index (κ3) is 2.85. The van der Waals surface area contributed by atoms with E-state index in [1.807, 2.05) is 18.2 Å². The number of nitrogens with zero attached hydrogens (tertiary/aromatic N) is 1. The van der Waals surface area contributed by atoms with E-state index >= 15 is 0 Å². The summed E-state index contributed by atoms with van der Waals surface area (Å²) in [6.45, 7) is 1.06. The van der Waals surface area contributed by atoms with Crippen LogP contribution in [0.25, 0.3) is 5.57 Å². The van der Waals surface area contributed by atoms with E-state index in [2.05, 4.69) is 59.5 Å². The Morgan fingerprint density at radius 3 is 2.30 bits per heavy atom. The maximum atomic E-state index is 6.31. The van der Waals surface area contributed by atoms with Crippen molar-refractivity contribution in [2.45, 2.75) is 44.3 Å². The molecule has 3 aliphatic heterocycles. The first-order chi connectivity index (χ1) is 14.8. The summed E-state index contributed by atoms with van der Waals surface area (Å²) in [5.41, 5.74) is 13.7. The number of piperidine rings is 1. The number of ether oxygens (including phenoxy) is 1. The van der Waals surface area contributed by atoms with E-state index in [9.17, 15) is 0 Å². The highest BCUT2D eigenvalue weighted by Crippen LogP contribution is 2.51. The molecule has 2 unspecified atom stereocenters. The van der Waals surface area contributed by atoms with Gasteiger partial charge in [0.1, 0.15) is 5.75 Å². The van der Waals surface area contributed by atoms with Crippen LogP contribution in [0.15, 0.2) is 78.4 Å². The van der Waals surface area contributed by atoms with Crippen LogP contribution in [0.3, 0.4) is 0 Å². The number of hydrogen-bond acceptors (Lipinski definition) is 3. The number of nitrogen functional groups attached to an aromatic ring is 1. The molecule has 0 amide bonds. The van der Waals surface area contributed by atoms with Crippen molar-refractivity contribution < 1.29 is 4.74 Å². The Labute approximate surface area is 177 Å². The molecule has 150 valence electrons. The fraction of sp³-hybridized carbons (Fsp3) is 0.259. The van der Waals surface area contributed by atoms with E-state index in [4.69, 9.17) is 10.5 Å². The number of anilines is 1. The maximum absolute atomic E-state index is 6.31. The summed E-state index contributed by atoms with van der Waals surface area (Å²) < 4.78 is 6.23. The molecule has 0 radical (unpaired) electrons. The van der Waals surface area contributed by atoms with Crippen molar-refractivity contribution in [3.8, 4) is 11.5 Å². The standard InChI is InChI=1S/C27H26N2O/c28-24-11-6-10-23-26(22-9-4-5-12-25(22)30-27(23)24)19-15-20-13-14-21(16-19)29(20)17-18-7-2-1-3-8-18/h1-12,20-21H,13-17,28H2. The second kappa shape index (κ2) is 7.03. The molecule has 0 aromatic heterocycles. The van der Waals surface area contributed by atoms with Gasteiger partial charge in [0.25, 0.3) is 0 Å². The molecule has 3 aromatic carbocycles. The van der Waals surface area contributed by atoms with E-state index in [0.29, 0.717) is 17.8 Å². The quantitative estimate of drug-likeness (QED) is 0.424. The van der Waals surface area contributed by atoms with Gasteiger partial charge in [0.05, 0.1) is 5.69 Å². The first kappa shape index (κ1) is 17.8. The summed E-state index contributed by atoms with van der Waals surface area (Å²) in [5.74, 6) is 1.74. The average molecular weight is 395 g/mol. The molecule has 3 aromatic rings. The van der Waals surface area contributed by atoms with Gasteiger partial charge in [-0.05, 0) is 49.0 Å². The van der Waals surface area contributed by atoms with Gasteiger partial charge in [0.2, 0.25) is 0 Å². The minimum Gasteiger partial charge on any atom is -0.454 e. The van der Waals surface area contributed by atoms with E-state index < -0.39 is 0 Å². The second-order valence-corrected chi connectivity index (χ2v) is 8.75. The summed E-state index contributed by atoms with van der Waals surface area (Å²) in [6.07, 6.45) is 4.83. The van der Waals surface area contributed by atoms with Gasteiger partial charge >= 0.3 is 0 Å². The predicted octanol–water partition coefficient (Wildman–Crippen LogP) is 6.00. The van der Waals surface area contributed by atoms with Crippen molar-refractivity contribution in [2.24, 2.45) is 0 Å². The molecule has 0 spiro atoms. The van der Waals surface area contributed by atoms with E-state index in [-0.39, 0.29) is 0 Å². The number of rotatable bonds is 2. The molecular weight excluding hydrogens is 368 g/mol. The third-order valence-electron chi connectivity index (χ3n) is 6.98. The second-order valence-electron chi connectivity index (χ2n) is 8.75. The zero-order valence-electron chi connectivity index (χ0n) is 17.1. The number of para-hydroxylation sites is 2. The van der Waals surface area contributed by atoms with Gasteiger partial charge in [0, 0.05) is 29.8 Å². The molecule has 3 heteroatoms. The van der Waals surface area contributed by atoms with E-state index in [1.165, 1.54) is 29.5 Å². The molecular formula is C27H26N2O. The highest BCUT2D eigenvalue weighted by atomic mass is 16.5. The Balaban J connectivity index is 1.41.